The van der Waals surface area contributed by atoms with Gasteiger partial charge in [0.05, 0.1) is 18.8 Å². The highest BCUT2D eigenvalue weighted by atomic mass is 16.5. The summed E-state index contributed by atoms with van der Waals surface area (Å²) in [7, 11) is 0. The maximum atomic E-state index is 10.6. The summed E-state index contributed by atoms with van der Waals surface area (Å²) in [5.74, 6) is 0.461. The number of hydrogen-bond donors (Lipinski definition) is 1. The van der Waals surface area contributed by atoms with Crippen molar-refractivity contribution in [2.75, 3.05) is 19.7 Å². The van der Waals surface area contributed by atoms with Gasteiger partial charge in [-0.15, -0.1) is 0 Å². The molecule has 3 aliphatic rings. The SMILES string of the molecule is CC1(C)CCCC(CN2CCOC3CCCC32)C1O. The first-order valence-electron chi connectivity index (χ1n) is 8.12. The van der Waals surface area contributed by atoms with Gasteiger partial charge < -0.3 is 9.84 Å². The van der Waals surface area contributed by atoms with E-state index in [1.165, 1.54) is 38.5 Å². The van der Waals surface area contributed by atoms with Crippen molar-refractivity contribution in [3.63, 3.8) is 0 Å². The summed E-state index contributed by atoms with van der Waals surface area (Å²) in [5.41, 5.74) is 0.101. The molecule has 0 radical (unpaired) electrons. The van der Waals surface area contributed by atoms with Crippen LogP contribution in [0.15, 0.2) is 0 Å². The van der Waals surface area contributed by atoms with E-state index in [4.69, 9.17) is 4.74 Å². The second-order valence-corrected chi connectivity index (χ2v) is 7.49. The first-order valence-corrected chi connectivity index (χ1v) is 8.12. The van der Waals surface area contributed by atoms with Gasteiger partial charge in [-0.05, 0) is 43.4 Å². The Hall–Kier alpha value is -0.120. The molecule has 2 aliphatic carbocycles. The average molecular weight is 267 g/mol. The van der Waals surface area contributed by atoms with Gasteiger partial charge in [-0.2, -0.15) is 0 Å². The zero-order chi connectivity index (χ0) is 13.5. The number of aliphatic hydroxyl groups excluding tert-OH is 1. The topological polar surface area (TPSA) is 32.7 Å². The third kappa shape index (κ3) is 2.70. The maximum absolute atomic E-state index is 10.6. The molecule has 1 N–H and O–H groups in total. The third-order valence-electron chi connectivity index (χ3n) is 5.71. The lowest BCUT2D eigenvalue weighted by Gasteiger charge is -2.45. The van der Waals surface area contributed by atoms with E-state index >= 15 is 0 Å². The number of aliphatic hydroxyl groups is 1. The van der Waals surface area contributed by atoms with Crippen molar-refractivity contribution in [1.82, 2.24) is 4.90 Å². The molecule has 1 saturated heterocycles. The molecule has 0 aromatic carbocycles. The van der Waals surface area contributed by atoms with Crippen molar-refractivity contribution < 1.29 is 9.84 Å². The van der Waals surface area contributed by atoms with Crippen LogP contribution < -0.4 is 0 Å². The molecule has 19 heavy (non-hydrogen) atoms. The average Bonchev–Trinajstić information content (AvgIpc) is 2.84. The fourth-order valence-corrected chi connectivity index (χ4v) is 4.49. The van der Waals surface area contributed by atoms with E-state index in [0.29, 0.717) is 18.1 Å². The first-order chi connectivity index (χ1) is 9.08. The molecule has 3 rings (SSSR count). The van der Waals surface area contributed by atoms with Crippen molar-refractivity contribution >= 4 is 0 Å². The van der Waals surface area contributed by atoms with Crippen molar-refractivity contribution in [2.24, 2.45) is 11.3 Å². The van der Waals surface area contributed by atoms with Crippen LogP contribution in [0.5, 0.6) is 0 Å². The fraction of sp³-hybridized carbons (Fsp3) is 1.00. The number of ether oxygens (including phenoxy) is 1. The molecule has 0 bridgehead atoms. The Morgan fingerprint density at radius 3 is 2.89 bits per heavy atom. The van der Waals surface area contributed by atoms with Crippen LogP contribution in [0.1, 0.15) is 52.4 Å². The minimum absolute atomic E-state index is 0.101. The molecule has 4 unspecified atom stereocenters. The van der Waals surface area contributed by atoms with Crippen LogP contribution in [0.25, 0.3) is 0 Å². The molecular formula is C16H29NO2. The maximum Gasteiger partial charge on any atom is 0.0730 e. The lowest BCUT2D eigenvalue weighted by molar-refractivity contribution is -0.0871. The Labute approximate surface area is 117 Å². The number of morpholine rings is 1. The van der Waals surface area contributed by atoms with Gasteiger partial charge in [-0.25, -0.2) is 0 Å². The molecule has 3 heteroatoms. The quantitative estimate of drug-likeness (QED) is 0.834. The van der Waals surface area contributed by atoms with Gasteiger partial charge in [0.25, 0.3) is 0 Å². The Balaban J connectivity index is 1.64. The highest BCUT2D eigenvalue weighted by molar-refractivity contribution is 4.94. The Morgan fingerprint density at radius 1 is 1.21 bits per heavy atom. The zero-order valence-corrected chi connectivity index (χ0v) is 12.5. The summed E-state index contributed by atoms with van der Waals surface area (Å²) >= 11 is 0. The molecule has 0 aromatic heterocycles. The highest BCUT2D eigenvalue weighted by Gasteiger charge is 2.41. The predicted molar refractivity (Wildman–Crippen MR) is 76.1 cm³/mol. The van der Waals surface area contributed by atoms with E-state index in [1.807, 2.05) is 0 Å². The number of fused-ring (bicyclic) bond motifs is 1. The summed E-state index contributed by atoms with van der Waals surface area (Å²) in [6.07, 6.45) is 7.81. The van der Waals surface area contributed by atoms with E-state index in [1.54, 1.807) is 0 Å². The van der Waals surface area contributed by atoms with Gasteiger partial charge in [0.1, 0.15) is 0 Å². The van der Waals surface area contributed by atoms with Crippen molar-refractivity contribution in [3.05, 3.63) is 0 Å². The van der Waals surface area contributed by atoms with Crippen LogP contribution in [-0.4, -0.2) is 48.0 Å². The second-order valence-electron chi connectivity index (χ2n) is 7.49. The predicted octanol–water partition coefficient (Wildman–Crippen LogP) is 2.43. The molecular weight excluding hydrogens is 238 g/mol. The summed E-state index contributed by atoms with van der Waals surface area (Å²) in [6.45, 7) is 7.47. The van der Waals surface area contributed by atoms with Crippen molar-refractivity contribution in [1.29, 1.82) is 0 Å². The summed E-state index contributed by atoms with van der Waals surface area (Å²) in [4.78, 5) is 2.62. The third-order valence-corrected chi connectivity index (χ3v) is 5.71. The van der Waals surface area contributed by atoms with Gasteiger partial charge in [0.15, 0.2) is 0 Å². The van der Waals surface area contributed by atoms with Crippen LogP contribution in [0.3, 0.4) is 0 Å². The molecule has 4 atom stereocenters. The Kier molecular flexibility index (Phi) is 3.89. The second kappa shape index (κ2) is 5.34. The Morgan fingerprint density at radius 2 is 2.05 bits per heavy atom. The monoisotopic (exact) mass is 267 g/mol. The minimum Gasteiger partial charge on any atom is -0.392 e. The number of nitrogens with zero attached hydrogens (tertiary/aromatic N) is 1. The summed E-state index contributed by atoms with van der Waals surface area (Å²) in [5, 5.41) is 10.6. The number of hydrogen-bond acceptors (Lipinski definition) is 3. The largest absolute Gasteiger partial charge is 0.392 e. The minimum atomic E-state index is -0.135. The van der Waals surface area contributed by atoms with E-state index in [0.717, 1.165) is 19.7 Å². The van der Waals surface area contributed by atoms with Crippen LogP contribution in [0.4, 0.5) is 0 Å². The standard InChI is InChI=1S/C16H29NO2/c1-16(2)8-4-5-12(15(16)18)11-17-9-10-19-14-7-3-6-13(14)17/h12-15,18H,3-11H2,1-2H3. The first kappa shape index (κ1) is 13.8. The lowest BCUT2D eigenvalue weighted by atomic mass is 9.69. The molecule has 1 heterocycles. The van der Waals surface area contributed by atoms with Gasteiger partial charge in [0, 0.05) is 19.1 Å². The molecule has 3 nitrogen and oxygen atoms in total. The molecule has 1 aliphatic heterocycles. The highest BCUT2D eigenvalue weighted by Crippen LogP contribution is 2.40. The Bertz CT molecular complexity index is 312. The smallest absolute Gasteiger partial charge is 0.0730 e. The van der Waals surface area contributed by atoms with Crippen molar-refractivity contribution in [2.45, 2.75) is 70.6 Å². The van der Waals surface area contributed by atoms with Crippen LogP contribution >= 0.6 is 0 Å². The summed E-state index contributed by atoms with van der Waals surface area (Å²) < 4.78 is 5.88. The van der Waals surface area contributed by atoms with Crippen LogP contribution in [0.2, 0.25) is 0 Å². The van der Waals surface area contributed by atoms with E-state index in [-0.39, 0.29) is 11.5 Å². The molecule has 110 valence electrons. The lowest BCUT2D eigenvalue weighted by Crippen LogP contribution is -2.53. The van der Waals surface area contributed by atoms with E-state index in [2.05, 4.69) is 18.7 Å². The van der Waals surface area contributed by atoms with Crippen LogP contribution in [0, 0.1) is 11.3 Å². The molecule has 0 aromatic rings. The van der Waals surface area contributed by atoms with Gasteiger partial charge >= 0.3 is 0 Å². The van der Waals surface area contributed by atoms with Gasteiger partial charge in [-0.1, -0.05) is 20.3 Å². The molecule has 3 fully saturated rings. The normalized spacial score (nSPS) is 43.1. The van der Waals surface area contributed by atoms with Crippen LogP contribution in [-0.2, 0) is 4.74 Å². The zero-order valence-electron chi connectivity index (χ0n) is 12.5. The van der Waals surface area contributed by atoms with Gasteiger partial charge in [0.2, 0.25) is 0 Å². The van der Waals surface area contributed by atoms with Gasteiger partial charge in [-0.3, -0.25) is 4.90 Å². The fourth-order valence-electron chi connectivity index (χ4n) is 4.49. The van der Waals surface area contributed by atoms with E-state index in [9.17, 15) is 5.11 Å². The molecule has 0 amide bonds. The van der Waals surface area contributed by atoms with E-state index < -0.39 is 0 Å². The molecule has 2 saturated carbocycles. The molecule has 0 spiro atoms. The van der Waals surface area contributed by atoms with Crippen molar-refractivity contribution in [3.8, 4) is 0 Å². The number of rotatable bonds is 2. The summed E-state index contributed by atoms with van der Waals surface area (Å²) in [6, 6.07) is 0.631.